The number of aromatic nitrogens is 5. The predicted octanol–water partition coefficient (Wildman–Crippen LogP) is -0.737. The molecule has 1 N–H and O–H groups in total. The van der Waals surface area contributed by atoms with Crippen molar-refractivity contribution in [2.24, 2.45) is 0 Å². The monoisotopic (exact) mass is 249 g/mol. The summed E-state index contributed by atoms with van der Waals surface area (Å²) in [6, 6.07) is 0. The van der Waals surface area contributed by atoms with Gasteiger partial charge in [-0.25, -0.2) is 0 Å². The molecule has 0 saturated carbocycles. The maximum atomic E-state index is 5.31. The van der Waals surface area contributed by atoms with Crippen LogP contribution in [0.25, 0.3) is 5.65 Å². The van der Waals surface area contributed by atoms with Gasteiger partial charge in [0.05, 0.1) is 25.6 Å². The van der Waals surface area contributed by atoms with Crippen LogP contribution in [0, 0.1) is 0 Å². The van der Waals surface area contributed by atoms with E-state index >= 15 is 0 Å². The Kier molecular flexibility index (Phi) is 3.29. The van der Waals surface area contributed by atoms with Gasteiger partial charge in [0.25, 0.3) is 0 Å². The number of anilines is 1. The van der Waals surface area contributed by atoms with Crippen LogP contribution in [-0.2, 0) is 4.74 Å². The summed E-state index contributed by atoms with van der Waals surface area (Å²) in [5.41, 5.74) is 0.645. The number of morpholine rings is 1. The van der Waals surface area contributed by atoms with Gasteiger partial charge in [-0.2, -0.15) is 4.52 Å². The van der Waals surface area contributed by atoms with Crippen LogP contribution >= 0.6 is 0 Å². The lowest BCUT2D eigenvalue weighted by Gasteiger charge is -2.26. The number of fused-ring (bicyclic) bond motifs is 1. The van der Waals surface area contributed by atoms with E-state index in [-0.39, 0.29) is 0 Å². The van der Waals surface area contributed by atoms with Crippen LogP contribution in [0.3, 0.4) is 0 Å². The molecule has 1 saturated heterocycles. The molecule has 3 heterocycles. The van der Waals surface area contributed by atoms with E-state index in [1.165, 1.54) is 0 Å². The van der Waals surface area contributed by atoms with Crippen LogP contribution in [0.5, 0.6) is 0 Å². The van der Waals surface area contributed by atoms with Crippen LogP contribution in [-0.4, -0.2) is 69.3 Å². The summed E-state index contributed by atoms with van der Waals surface area (Å²) >= 11 is 0. The highest BCUT2D eigenvalue weighted by molar-refractivity contribution is 5.43. The average molecular weight is 249 g/mol. The number of rotatable bonds is 4. The molecule has 0 aromatic carbocycles. The zero-order valence-corrected chi connectivity index (χ0v) is 9.99. The van der Waals surface area contributed by atoms with Gasteiger partial charge in [0.1, 0.15) is 5.82 Å². The van der Waals surface area contributed by atoms with E-state index in [2.05, 4.69) is 30.7 Å². The first-order valence-corrected chi connectivity index (χ1v) is 5.99. The lowest BCUT2D eigenvalue weighted by Crippen LogP contribution is -2.39. The molecule has 0 amide bonds. The highest BCUT2D eigenvalue weighted by Gasteiger charge is 2.10. The smallest absolute Gasteiger partial charge is 0.199 e. The Hall–Kier alpha value is -1.80. The molecule has 1 fully saturated rings. The molecule has 18 heavy (non-hydrogen) atoms. The first-order valence-electron chi connectivity index (χ1n) is 5.99. The Bertz CT molecular complexity index is 508. The molecule has 0 radical (unpaired) electrons. The van der Waals surface area contributed by atoms with E-state index in [0.717, 1.165) is 45.2 Å². The summed E-state index contributed by atoms with van der Waals surface area (Å²) in [7, 11) is 0. The van der Waals surface area contributed by atoms with Gasteiger partial charge < -0.3 is 10.1 Å². The summed E-state index contributed by atoms with van der Waals surface area (Å²) in [5.74, 6) is 0.811. The normalized spacial score (nSPS) is 17.1. The standard InChI is InChI=1S/C10H15N7O/c1(2-16-3-5-18-6-4-16)12-9-7-11-8-10-13-14-15-17(9)10/h7-8,12H,1-6H2. The van der Waals surface area contributed by atoms with Crippen molar-refractivity contribution >= 4 is 11.5 Å². The molecular formula is C10H15N7O. The van der Waals surface area contributed by atoms with Gasteiger partial charge in [0.2, 0.25) is 0 Å². The maximum absolute atomic E-state index is 5.31. The van der Waals surface area contributed by atoms with Crippen LogP contribution in [0.2, 0.25) is 0 Å². The van der Waals surface area contributed by atoms with E-state index in [0.29, 0.717) is 5.65 Å². The minimum Gasteiger partial charge on any atom is -0.379 e. The number of hydrogen-bond acceptors (Lipinski definition) is 7. The fraction of sp³-hybridized carbons (Fsp3) is 0.600. The minimum absolute atomic E-state index is 0.645. The van der Waals surface area contributed by atoms with E-state index in [1.54, 1.807) is 16.9 Å². The summed E-state index contributed by atoms with van der Waals surface area (Å²) in [6.07, 6.45) is 3.36. The zero-order valence-electron chi connectivity index (χ0n) is 9.99. The third kappa shape index (κ3) is 2.39. The van der Waals surface area contributed by atoms with Crippen molar-refractivity contribution in [2.45, 2.75) is 0 Å². The first-order chi connectivity index (χ1) is 8.93. The Morgan fingerprint density at radius 1 is 1.28 bits per heavy atom. The van der Waals surface area contributed by atoms with Gasteiger partial charge in [0.15, 0.2) is 5.65 Å². The highest BCUT2D eigenvalue weighted by atomic mass is 16.5. The van der Waals surface area contributed by atoms with Crippen molar-refractivity contribution in [3.63, 3.8) is 0 Å². The van der Waals surface area contributed by atoms with Gasteiger partial charge >= 0.3 is 0 Å². The zero-order chi connectivity index (χ0) is 12.2. The topological polar surface area (TPSA) is 80.5 Å². The third-order valence-electron chi connectivity index (χ3n) is 2.95. The van der Waals surface area contributed by atoms with E-state index < -0.39 is 0 Å². The summed E-state index contributed by atoms with van der Waals surface area (Å²) in [4.78, 5) is 6.46. The largest absolute Gasteiger partial charge is 0.379 e. The molecule has 8 heteroatoms. The fourth-order valence-electron chi connectivity index (χ4n) is 1.96. The van der Waals surface area contributed by atoms with Gasteiger partial charge in [-0.3, -0.25) is 9.88 Å². The summed E-state index contributed by atoms with van der Waals surface area (Å²) in [5, 5.41) is 14.7. The second-order valence-electron chi connectivity index (χ2n) is 4.12. The van der Waals surface area contributed by atoms with E-state index in [9.17, 15) is 0 Å². The van der Waals surface area contributed by atoms with Crippen molar-refractivity contribution in [1.29, 1.82) is 0 Å². The molecular weight excluding hydrogens is 234 g/mol. The lowest BCUT2D eigenvalue weighted by molar-refractivity contribution is 0.0398. The van der Waals surface area contributed by atoms with Crippen LogP contribution in [0.15, 0.2) is 12.4 Å². The Morgan fingerprint density at radius 2 is 2.17 bits per heavy atom. The second kappa shape index (κ2) is 5.23. The lowest BCUT2D eigenvalue weighted by atomic mass is 10.4. The van der Waals surface area contributed by atoms with Gasteiger partial charge in [-0.15, -0.1) is 5.10 Å². The Labute approximate surface area is 104 Å². The van der Waals surface area contributed by atoms with Gasteiger partial charge in [-0.1, -0.05) is 0 Å². The average Bonchev–Trinajstić information content (AvgIpc) is 2.89. The summed E-state index contributed by atoms with van der Waals surface area (Å²) in [6.45, 7) is 5.45. The molecule has 0 unspecified atom stereocenters. The number of tetrazole rings is 1. The Balaban J connectivity index is 1.57. The van der Waals surface area contributed by atoms with Crippen molar-refractivity contribution < 1.29 is 4.74 Å². The van der Waals surface area contributed by atoms with Crippen LogP contribution in [0.1, 0.15) is 0 Å². The molecule has 8 nitrogen and oxygen atoms in total. The molecule has 1 aliphatic rings. The molecule has 0 bridgehead atoms. The van der Waals surface area contributed by atoms with Crippen LogP contribution < -0.4 is 5.32 Å². The number of nitrogens with zero attached hydrogens (tertiary/aromatic N) is 6. The number of nitrogens with one attached hydrogen (secondary N) is 1. The molecule has 2 aromatic rings. The van der Waals surface area contributed by atoms with Crippen molar-refractivity contribution in [1.82, 2.24) is 29.9 Å². The van der Waals surface area contributed by atoms with Gasteiger partial charge in [-0.05, 0) is 10.4 Å². The number of ether oxygens (including phenoxy) is 1. The third-order valence-corrected chi connectivity index (χ3v) is 2.95. The van der Waals surface area contributed by atoms with E-state index in [4.69, 9.17) is 4.74 Å². The second-order valence-corrected chi connectivity index (χ2v) is 4.12. The Morgan fingerprint density at radius 3 is 3.06 bits per heavy atom. The first kappa shape index (κ1) is 11.3. The molecule has 0 atom stereocenters. The molecule has 96 valence electrons. The SMILES string of the molecule is c1ncc2nnnn2c1NCCN1CCOCC1. The molecule has 2 aromatic heterocycles. The van der Waals surface area contributed by atoms with Crippen LogP contribution in [0.4, 0.5) is 5.82 Å². The van der Waals surface area contributed by atoms with Crippen molar-refractivity contribution in [2.75, 3.05) is 44.7 Å². The maximum Gasteiger partial charge on any atom is 0.199 e. The van der Waals surface area contributed by atoms with Gasteiger partial charge in [0, 0.05) is 26.2 Å². The molecule has 0 spiro atoms. The van der Waals surface area contributed by atoms with Crippen molar-refractivity contribution in [3.05, 3.63) is 12.4 Å². The van der Waals surface area contributed by atoms with Crippen molar-refractivity contribution in [3.8, 4) is 0 Å². The summed E-state index contributed by atoms with van der Waals surface area (Å²) < 4.78 is 6.95. The highest BCUT2D eigenvalue weighted by Crippen LogP contribution is 2.05. The molecule has 1 aliphatic heterocycles. The molecule has 0 aliphatic carbocycles. The fourth-order valence-corrected chi connectivity index (χ4v) is 1.96. The predicted molar refractivity (Wildman–Crippen MR) is 64.3 cm³/mol. The minimum atomic E-state index is 0.645. The number of hydrogen-bond donors (Lipinski definition) is 1. The molecule has 3 rings (SSSR count). The van der Waals surface area contributed by atoms with E-state index in [1.807, 2.05) is 0 Å². The quantitative estimate of drug-likeness (QED) is 0.764.